The number of aliphatic hydroxyl groups is 1. The smallest absolute Gasteiger partial charge is 0.313 e. The minimum absolute atomic E-state index is 0.137. The molecule has 0 radical (unpaired) electrons. The third-order valence-corrected chi connectivity index (χ3v) is 8.30. The van der Waals surface area contributed by atoms with Gasteiger partial charge < -0.3 is 24.4 Å². The highest BCUT2D eigenvalue weighted by molar-refractivity contribution is 5.99. The van der Waals surface area contributed by atoms with Gasteiger partial charge in [-0.3, -0.25) is 14.4 Å². The first-order chi connectivity index (χ1) is 18.0. The van der Waals surface area contributed by atoms with Crippen LogP contribution in [0.4, 0.5) is 0 Å². The summed E-state index contributed by atoms with van der Waals surface area (Å²) in [7, 11) is 0. The molecule has 1 aromatic carbocycles. The maximum Gasteiger partial charge on any atom is 0.313 e. The number of carbonyl (C=O) groups is 3. The lowest BCUT2D eigenvalue weighted by atomic mass is 9.73. The Kier molecular flexibility index (Phi) is 7.23. The van der Waals surface area contributed by atoms with Crippen LogP contribution in [0, 0.1) is 11.8 Å². The van der Waals surface area contributed by atoms with Crippen molar-refractivity contribution in [2.24, 2.45) is 11.8 Å². The largest absolute Gasteiger partial charge is 0.461 e. The molecule has 5 atom stereocenters. The number of benzene rings is 1. The molecule has 0 bridgehead atoms. The first kappa shape index (κ1) is 25.7. The van der Waals surface area contributed by atoms with E-state index in [0.29, 0.717) is 38.9 Å². The zero-order valence-corrected chi connectivity index (χ0v) is 21.4. The predicted octanol–water partition coefficient (Wildman–Crippen LogP) is 2.61. The minimum Gasteiger partial charge on any atom is -0.461 e. The number of cyclic esters (lactones) is 1. The van der Waals surface area contributed by atoms with Gasteiger partial charge in [0.15, 0.2) is 0 Å². The van der Waals surface area contributed by atoms with E-state index < -0.39 is 35.0 Å². The van der Waals surface area contributed by atoms with Crippen LogP contribution in [0.15, 0.2) is 54.6 Å². The molecule has 2 fully saturated rings. The van der Waals surface area contributed by atoms with Gasteiger partial charge >= 0.3 is 5.97 Å². The molecule has 4 aliphatic heterocycles. The topological polar surface area (TPSA) is 96.4 Å². The number of hydrogen-bond donors (Lipinski definition) is 1. The summed E-state index contributed by atoms with van der Waals surface area (Å²) in [6.07, 6.45) is 11.0. The van der Waals surface area contributed by atoms with E-state index >= 15 is 0 Å². The summed E-state index contributed by atoms with van der Waals surface area (Å²) in [6.45, 7) is 3.43. The van der Waals surface area contributed by atoms with Gasteiger partial charge in [0.25, 0.3) is 0 Å². The fraction of sp³-hybridized carbons (Fsp3) is 0.552. The molecule has 1 spiro atoms. The van der Waals surface area contributed by atoms with Crippen LogP contribution in [-0.4, -0.2) is 76.2 Å². The summed E-state index contributed by atoms with van der Waals surface area (Å²) in [5.74, 6) is -2.48. The predicted molar refractivity (Wildman–Crippen MR) is 136 cm³/mol. The monoisotopic (exact) mass is 508 g/mol. The van der Waals surface area contributed by atoms with E-state index in [1.807, 2.05) is 55.5 Å². The second-order valence-corrected chi connectivity index (χ2v) is 10.4. The maximum atomic E-state index is 14.3. The maximum absolute atomic E-state index is 14.3. The van der Waals surface area contributed by atoms with Gasteiger partial charge in [-0.05, 0) is 30.9 Å². The van der Waals surface area contributed by atoms with E-state index in [9.17, 15) is 14.4 Å². The molecule has 1 aromatic rings. The van der Waals surface area contributed by atoms with E-state index in [1.54, 1.807) is 15.9 Å². The van der Waals surface area contributed by atoms with Crippen molar-refractivity contribution in [2.45, 2.75) is 62.8 Å². The first-order valence-corrected chi connectivity index (χ1v) is 13.4. The highest BCUT2D eigenvalue weighted by atomic mass is 16.6. The quantitative estimate of drug-likeness (QED) is 0.313. The van der Waals surface area contributed by atoms with Gasteiger partial charge in [-0.15, -0.1) is 0 Å². The Hall–Kier alpha value is -2.97. The Morgan fingerprint density at radius 1 is 0.973 bits per heavy atom. The zero-order chi connectivity index (χ0) is 26.0. The third-order valence-electron chi connectivity index (χ3n) is 8.30. The number of rotatable bonds is 9. The van der Waals surface area contributed by atoms with Crippen molar-refractivity contribution in [1.82, 2.24) is 9.80 Å². The molecular formula is C29H36N2O6. The zero-order valence-electron chi connectivity index (χ0n) is 21.4. The second-order valence-electron chi connectivity index (χ2n) is 10.4. The summed E-state index contributed by atoms with van der Waals surface area (Å²) in [5.41, 5.74) is -1.24. The minimum atomic E-state index is -1.24. The summed E-state index contributed by atoms with van der Waals surface area (Å²) in [6, 6.07) is 8.93. The van der Waals surface area contributed by atoms with Crippen LogP contribution in [0.2, 0.25) is 0 Å². The number of fused-ring (bicyclic) bond motifs is 2. The molecule has 1 N–H and O–H groups in total. The lowest BCUT2D eigenvalue weighted by molar-refractivity contribution is -0.159. The number of aliphatic hydroxyl groups excluding tert-OH is 1. The van der Waals surface area contributed by atoms with Crippen molar-refractivity contribution in [2.75, 3.05) is 26.3 Å². The molecular weight excluding hydrogens is 472 g/mol. The molecule has 37 heavy (non-hydrogen) atoms. The first-order valence-electron chi connectivity index (χ1n) is 13.4. The number of hydrogen-bond acceptors (Lipinski definition) is 6. The Bertz CT molecular complexity index is 1090. The lowest BCUT2D eigenvalue weighted by Crippen LogP contribution is -2.56. The van der Waals surface area contributed by atoms with E-state index in [0.717, 1.165) is 18.4 Å². The van der Waals surface area contributed by atoms with Crippen molar-refractivity contribution < 1.29 is 29.0 Å². The lowest BCUT2D eigenvalue weighted by Gasteiger charge is -2.38. The van der Waals surface area contributed by atoms with Crippen LogP contribution in [0.25, 0.3) is 0 Å². The summed E-state index contributed by atoms with van der Waals surface area (Å²) in [5, 5.41) is 9.12. The number of ether oxygens (including phenoxy) is 2. The third kappa shape index (κ3) is 4.30. The summed E-state index contributed by atoms with van der Waals surface area (Å²) >= 11 is 0. The van der Waals surface area contributed by atoms with E-state index in [-0.39, 0.29) is 25.0 Å². The molecule has 2 amide bonds. The van der Waals surface area contributed by atoms with E-state index in [4.69, 9.17) is 14.6 Å². The van der Waals surface area contributed by atoms with Crippen LogP contribution < -0.4 is 0 Å². The Morgan fingerprint density at radius 3 is 2.51 bits per heavy atom. The van der Waals surface area contributed by atoms with Crippen LogP contribution in [0.3, 0.4) is 0 Å². The average molecular weight is 509 g/mol. The molecule has 198 valence electrons. The number of unbranched alkanes of at least 4 members (excludes halogenated alkanes) is 3. The SMILES string of the molecule is CC[C@]12C=CCOC(=O)[C@H]1[C@H]1C(=O)N(CCCCCCO)C3C(=O)N(Cc4ccccc4)CC=C[C@@]31O2. The molecule has 4 aliphatic rings. The van der Waals surface area contributed by atoms with Gasteiger partial charge in [0.2, 0.25) is 11.8 Å². The van der Waals surface area contributed by atoms with Crippen LogP contribution in [0.1, 0.15) is 44.6 Å². The molecule has 0 aromatic heterocycles. The molecule has 5 rings (SSSR count). The van der Waals surface area contributed by atoms with Gasteiger partial charge in [0.1, 0.15) is 29.8 Å². The highest BCUT2D eigenvalue weighted by Crippen LogP contribution is 2.58. The Labute approximate surface area is 217 Å². The average Bonchev–Trinajstić information content (AvgIpc) is 3.18. The molecule has 4 heterocycles. The van der Waals surface area contributed by atoms with Gasteiger partial charge in [-0.25, -0.2) is 0 Å². The van der Waals surface area contributed by atoms with E-state index in [1.165, 1.54) is 0 Å². The number of nitrogens with zero attached hydrogens (tertiary/aromatic N) is 2. The molecule has 8 nitrogen and oxygen atoms in total. The van der Waals surface area contributed by atoms with Crippen molar-refractivity contribution in [3.8, 4) is 0 Å². The van der Waals surface area contributed by atoms with Crippen molar-refractivity contribution in [3.63, 3.8) is 0 Å². The van der Waals surface area contributed by atoms with Crippen molar-refractivity contribution in [3.05, 3.63) is 60.2 Å². The highest BCUT2D eigenvalue weighted by Gasteiger charge is 2.75. The van der Waals surface area contributed by atoms with Crippen LogP contribution >= 0.6 is 0 Å². The van der Waals surface area contributed by atoms with Crippen molar-refractivity contribution in [1.29, 1.82) is 0 Å². The fourth-order valence-corrected chi connectivity index (χ4v) is 6.58. The van der Waals surface area contributed by atoms with Gasteiger partial charge in [0, 0.05) is 26.2 Å². The van der Waals surface area contributed by atoms with Crippen LogP contribution in [-0.2, 0) is 30.4 Å². The number of amides is 2. The fourth-order valence-electron chi connectivity index (χ4n) is 6.58. The normalized spacial score (nSPS) is 32.6. The Balaban J connectivity index is 1.53. The molecule has 1 unspecified atom stereocenters. The second kappa shape index (κ2) is 10.4. The number of carbonyl (C=O) groups excluding carboxylic acids is 3. The molecule has 8 heteroatoms. The van der Waals surface area contributed by atoms with Gasteiger partial charge in [-0.2, -0.15) is 0 Å². The van der Waals surface area contributed by atoms with Gasteiger partial charge in [-0.1, -0.05) is 68.3 Å². The standard InChI is InChI=1S/C29H36N2O6/c1-2-28-14-11-19-36-27(35)23(28)22-25(33)31(17-8-3-4-9-18-32)24-26(34)30(16-10-15-29(22,24)37-28)20-21-12-6-5-7-13-21/h5-7,10-15,22-24,32H,2-4,8-9,16-20H2,1H3/t22-,23+,24?,28-,29-/m0/s1. The van der Waals surface area contributed by atoms with Crippen molar-refractivity contribution >= 4 is 17.8 Å². The van der Waals surface area contributed by atoms with Gasteiger partial charge in [0.05, 0.1) is 5.92 Å². The van der Waals surface area contributed by atoms with E-state index in [2.05, 4.69) is 0 Å². The summed E-state index contributed by atoms with van der Waals surface area (Å²) in [4.78, 5) is 45.1. The number of likely N-dealkylation sites (tertiary alicyclic amines) is 1. The molecule has 0 aliphatic carbocycles. The summed E-state index contributed by atoms with van der Waals surface area (Å²) < 4.78 is 12.3. The van der Waals surface area contributed by atoms with Crippen LogP contribution in [0.5, 0.6) is 0 Å². The molecule has 2 saturated heterocycles. The number of esters is 1. The molecule has 0 saturated carbocycles. The Morgan fingerprint density at radius 2 is 1.76 bits per heavy atom.